The number of methoxy groups -OCH3 is 1. The molecular weight excluding hydrogens is 473 g/mol. The summed E-state index contributed by atoms with van der Waals surface area (Å²) in [5.41, 5.74) is 2.68. The minimum absolute atomic E-state index is 0.180. The Labute approximate surface area is 206 Å². The number of benzene rings is 3. The summed E-state index contributed by atoms with van der Waals surface area (Å²) in [6.07, 6.45) is 1.67. The molecule has 7 nitrogen and oxygen atoms in total. The molecule has 1 N–H and O–H groups in total. The Kier molecular flexibility index (Phi) is 7.12. The maximum atomic E-state index is 13.0. The number of nitrogens with one attached hydrogen (secondary N) is 1. The zero-order valence-corrected chi connectivity index (χ0v) is 19.7. The second kappa shape index (κ2) is 10.4. The van der Waals surface area contributed by atoms with Crippen LogP contribution in [0.2, 0.25) is 5.02 Å². The van der Waals surface area contributed by atoms with E-state index in [2.05, 4.69) is 10.4 Å². The number of para-hydroxylation sites is 1. The highest BCUT2D eigenvalue weighted by atomic mass is 35.5. The average molecular weight is 494 g/mol. The number of ether oxygens (including phenoxy) is 2. The summed E-state index contributed by atoms with van der Waals surface area (Å²) < 4.78 is 24.0. The number of carbonyl (C=O) groups is 2. The molecule has 0 fully saturated rings. The van der Waals surface area contributed by atoms with Gasteiger partial charge in [-0.1, -0.05) is 29.8 Å². The smallest absolute Gasteiger partial charge is 0.280 e. The Hall–Kier alpha value is -4.17. The number of anilines is 2. The first-order chi connectivity index (χ1) is 16.9. The molecule has 0 aromatic heterocycles. The number of rotatable bonds is 7. The predicted octanol–water partition coefficient (Wildman–Crippen LogP) is 5.31. The minimum atomic E-state index is -0.453. The Morgan fingerprint density at radius 3 is 2.54 bits per heavy atom. The fourth-order valence-electron chi connectivity index (χ4n) is 3.43. The summed E-state index contributed by atoms with van der Waals surface area (Å²) in [4.78, 5) is 25.2. The lowest BCUT2D eigenvalue weighted by atomic mass is 10.1. The first kappa shape index (κ1) is 24.0. The fraction of sp³-hybridized carbons (Fsp3) is 0.115. The van der Waals surface area contributed by atoms with Gasteiger partial charge in [0.2, 0.25) is 0 Å². The molecule has 3 aromatic carbocycles. The molecule has 1 heterocycles. The summed E-state index contributed by atoms with van der Waals surface area (Å²) in [5.74, 6) is -0.648. The highest BCUT2D eigenvalue weighted by Crippen LogP contribution is 2.37. The Bertz CT molecular complexity index is 1320. The van der Waals surface area contributed by atoms with E-state index in [1.165, 1.54) is 36.4 Å². The Morgan fingerprint density at radius 2 is 1.86 bits per heavy atom. The van der Waals surface area contributed by atoms with Gasteiger partial charge in [-0.05, 0) is 67.1 Å². The molecule has 9 heteroatoms. The summed E-state index contributed by atoms with van der Waals surface area (Å²) in [5, 5.41) is 8.51. The highest BCUT2D eigenvalue weighted by molar-refractivity contribution is 6.33. The standard InChI is InChI=1S/C26H21ClFN3O4/c1-16-21(26(33)31(30-16)20-6-4-3-5-7-20)12-17-13-22(27)25(23(14-17)34-2)35-15-24(32)29-19-10-8-18(28)9-11-19/h3-14H,15H2,1-2H3,(H,29,32)/b21-12+. The molecule has 4 rings (SSSR count). The van der Waals surface area contributed by atoms with Crippen LogP contribution in [0.15, 0.2) is 77.4 Å². The Morgan fingerprint density at radius 1 is 1.14 bits per heavy atom. The van der Waals surface area contributed by atoms with Crippen molar-refractivity contribution in [1.82, 2.24) is 0 Å². The molecule has 1 aliphatic heterocycles. The van der Waals surface area contributed by atoms with Gasteiger partial charge < -0.3 is 14.8 Å². The molecule has 0 spiro atoms. The van der Waals surface area contributed by atoms with E-state index in [0.29, 0.717) is 34.0 Å². The van der Waals surface area contributed by atoms with Gasteiger partial charge >= 0.3 is 0 Å². The van der Waals surface area contributed by atoms with Crippen LogP contribution in [0.4, 0.5) is 15.8 Å². The van der Waals surface area contributed by atoms with Crippen LogP contribution < -0.4 is 19.8 Å². The molecule has 1 aliphatic rings. The molecular formula is C26H21ClFN3O4. The van der Waals surface area contributed by atoms with E-state index in [0.717, 1.165) is 0 Å². The average Bonchev–Trinajstić information content (AvgIpc) is 3.13. The van der Waals surface area contributed by atoms with Gasteiger partial charge in [0.05, 0.1) is 29.1 Å². The molecule has 0 saturated carbocycles. The van der Waals surface area contributed by atoms with Crippen molar-refractivity contribution in [3.05, 3.63) is 88.7 Å². The van der Waals surface area contributed by atoms with Crippen molar-refractivity contribution in [2.24, 2.45) is 5.10 Å². The van der Waals surface area contributed by atoms with Crippen LogP contribution in [0.25, 0.3) is 6.08 Å². The quantitative estimate of drug-likeness (QED) is 0.452. The molecule has 0 saturated heterocycles. The zero-order valence-electron chi connectivity index (χ0n) is 18.9. The monoisotopic (exact) mass is 493 g/mol. The van der Waals surface area contributed by atoms with Crippen LogP contribution in [-0.2, 0) is 9.59 Å². The maximum Gasteiger partial charge on any atom is 0.280 e. The lowest BCUT2D eigenvalue weighted by Crippen LogP contribution is -2.21. The van der Waals surface area contributed by atoms with Crippen molar-refractivity contribution in [2.75, 3.05) is 24.0 Å². The third-order valence-corrected chi connectivity index (χ3v) is 5.38. The molecule has 178 valence electrons. The first-order valence-corrected chi connectivity index (χ1v) is 11.0. The van der Waals surface area contributed by atoms with Crippen LogP contribution in [0, 0.1) is 5.82 Å². The number of hydrogen-bond acceptors (Lipinski definition) is 5. The molecule has 0 aliphatic carbocycles. The highest BCUT2D eigenvalue weighted by Gasteiger charge is 2.28. The SMILES string of the molecule is COc1cc(/C=C2/C(=O)N(c3ccccc3)N=C2C)cc(Cl)c1OCC(=O)Nc1ccc(F)cc1. The second-order valence-corrected chi connectivity index (χ2v) is 7.98. The zero-order chi connectivity index (χ0) is 24.9. The topological polar surface area (TPSA) is 80.2 Å². The van der Waals surface area contributed by atoms with Gasteiger partial charge in [-0.2, -0.15) is 10.1 Å². The van der Waals surface area contributed by atoms with Gasteiger partial charge in [-0.25, -0.2) is 4.39 Å². The third-order valence-electron chi connectivity index (χ3n) is 5.10. The van der Waals surface area contributed by atoms with E-state index in [1.807, 2.05) is 18.2 Å². The predicted molar refractivity (Wildman–Crippen MR) is 134 cm³/mol. The van der Waals surface area contributed by atoms with Gasteiger partial charge in [0.15, 0.2) is 18.1 Å². The summed E-state index contributed by atoms with van der Waals surface area (Å²) in [6.45, 7) is 1.41. The van der Waals surface area contributed by atoms with Gasteiger partial charge in [0, 0.05) is 5.69 Å². The number of halogens is 2. The normalized spacial score (nSPS) is 14.2. The molecule has 3 aromatic rings. The van der Waals surface area contributed by atoms with Crippen molar-refractivity contribution in [3.8, 4) is 11.5 Å². The van der Waals surface area contributed by atoms with E-state index >= 15 is 0 Å². The lowest BCUT2D eigenvalue weighted by molar-refractivity contribution is -0.118. The van der Waals surface area contributed by atoms with Crippen LogP contribution in [0.3, 0.4) is 0 Å². The van der Waals surface area contributed by atoms with Gasteiger partial charge in [0.25, 0.3) is 11.8 Å². The minimum Gasteiger partial charge on any atom is -0.493 e. The molecule has 2 amide bonds. The van der Waals surface area contributed by atoms with Crippen molar-refractivity contribution in [2.45, 2.75) is 6.92 Å². The van der Waals surface area contributed by atoms with Crippen LogP contribution in [-0.4, -0.2) is 31.2 Å². The van der Waals surface area contributed by atoms with Gasteiger partial charge in [0.1, 0.15) is 5.82 Å². The van der Waals surface area contributed by atoms with E-state index in [9.17, 15) is 14.0 Å². The molecule has 0 atom stereocenters. The molecule has 0 radical (unpaired) electrons. The second-order valence-electron chi connectivity index (χ2n) is 7.57. The molecule has 0 unspecified atom stereocenters. The molecule has 35 heavy (non-hydrogen) atoms. The summed E-state index contributed by atoms with van der Waals surface area (Å²) in [7, 11) is 1.44. The van der Waals surface area contributed by atoms with E-state index in [1.54, 1.807) is 37.3 Å². The van der Waals surface area contributed by atoms with Crippen molar-refractivity contribution in [1.29, 1.82) is 0 Å². The van der Waals surface area contributed by atoms with Crippen molar-refractivity contribution in [3.63, 3.8) is 0 Å². The van der Waals surface area contributed by atoms with Crippen molar-refractivity contribution >= 4 is 46.6 Å². The van der Waals surface area contributed by atoms with Gasteiger partial charge in [-0.15, -0.1) is 0 Å². The van der Waals surface area contributed by atoms with Crippen LogP contribution >= 0.6 is 11.6 Å². The van der Waals surface area contributed by atoms with Crippen LogP contribution in [0.5, 0.6) is 11.5 Å². The van der Waals surface area contributed by atoms with Gasteiger partial charge in [-0.3, -0.25) is 9.59 Å². The van der Waals surface area contributed by atoms with E-state index in [-0.39, 0.29) is 23.3 Å². The largest absolute Gasteiger partial charge is 0.493 e. The summed E-state index contributed by atoms with van der Waals surface area (Å²) in [6, 6.07) is 17.8. The summed E-state index contributed by atoms with van der Waals surface area (Å²) >= 11 is 6.42. The number of hydrazone groups is 1. The number of amides is 2. The van der Waals surface area contributed by atoms with Crippen LogP contribution in [0.1, 0.15) is 12.5 Å². The Balaban J connectivity index is 1.50. The first-order valence-electron chi connectivity index (χ1n) is 10.6. The third kappa shape index (κ3) is 5.50. The number of hydrogen-bond donors (Lipinski definition) is 1. The number of nitrogens with zero attached hydrogens (tertiary/aromatic N) is 2. The lowest BCUT2D eigenvalue weighted by Gasteiger charge is -2.14. The van der Waals surface area contributed by atoms with E-state index in [4.69, 9.17) is 21.1 Å². The fourth-order valence-corrected chi connectivity index (χ4v) is 3.70. The van der Waals surface area contributed by atoms with Crippen molar-refractivity contribution < 1.29 is 23.5 Å². The van der Waals surface area contributed by atoms with E-state index < -0.39 is 11.7 Å². The maximum absolute atomic E-state index is 13.0. The molecule has 0 bridgehead atoms. The number of carbonyl (C=O) groups excluding carboxylic acids is 2.